The third-order valence-electron chi connectivity index (χ3n) is 15.0. The zero-order valence-electron chi connectivity index (χ0n) is 47.0. The summed E-state index contributed by atoms with van der Waals surface area (Å²) in [5.74, 6) is -2.42. The van der Waals surface area contributed by atoms with Gasteiger partial charge in [-0.2, -0.15) is 0 Å². The number of anilines is 1. The number of nitrogens with zero attached hydrogens (tertiary/aromatic N) is 4. The number of hydrogen-bond acceptors (Lipinski definition) is 13. The van der Waals surface area contributed by atoms with E-state index < -0.39 is 60.4 Å². The number of methoxy groups -OCH3 is 1. The molecular weight excluding hydrogens is 1020 g/mol. The molecule has 3 aromatic rings. The molecule has 2 aromatic carbocycles. The first kappa shape index (κ1) is 62.5. The van der Waals surface area contributed by atoms with Gasteiger partial charge < -0.3 is 39.8 Å². The van der Waals surface area contributed by atoms with Crippen LogP contribution in [0.25, 0.3) is 0 Å². The van der Waals surface area contributed by atoms with Gasteiger partial charge in [-0.25, -0.2) is 14.6 Å². The summed E-state index contributed by atoms with van der Waals surface area (Å²) >= 11 is 0. The Labute approximate surface area is 464 Å². The number of likely N-dealkylation sites (tertiary alicyclic amines) is 1. The zero-order valence-corrected chi connectivity index (χ0v) is 48.6. The Morgan fingerprint density at radius 2 is 1.51 bits per heavy atom. The number of likely N-dealkylation sites (N-methyl/N-ethyl adjacent to an activating group) is 2. The number of aliphatic hydroxyl groups is 1. The summed E-state index contributed by atoms with van der Waals surface area (Å²) < 4.78 is 17.6. The second-order valence-corrected chi connectivity index (χ2v) is 24.0. The number of rotatable bonds is 26. The maximum absolute atomic E-state index is 14.7. The molecule has 2 heterocycles. The average Bonchev–Trinajstić information content (AvgIpc) is 3.89. The number of amides is 6. The van der Waals surface area contributed by atoms with Gasteiger partial charge in [-0.1, -0.05) is 121 Å². The van der Waals surface area contributed by atoms with Crippen LogP contribution in [0.4, 0.5) is 15.3 Å². The van der Waals surface area contributed by atoms with Crippen LogP contribution in [-0.4, -0.2) is 136 Å². The number of ether oxygens (including phenoxy) is 3. The Bertz CT molecular complexity index is 2350. The molecule has 5 rings (SSSR count). The van der Waals surface area contributed by atoms with Crippen LogP contribution in [0.15, 0.2) is 84.0 Å². The molecule has 1 aromatic heterocycles. The van der Waals surface area contributed by atoms with E-state index in [4.69, 9.17) is 14.2 Å². The Morgan fingerprint density at radius 3 is 2.14 bits per heavy atom. The smallest absolute Gasteiger partial charge is 0.411 e. The van der Waals surface area contributed by atoms with Crippen LogP contribution in [-0.2, 0) is 40.0 Å². The predicted molar refractivity (Wildman–Crippen MR) is 303 cm³/mol. The number of carbonyl (C=O) groups excluding carboxylic acids is 6. The lowest BCUT2D eigenvalue weighted by Crippen LogP contribution is -2.60. The van der Waals surface area contributed by atoms with E-state index in [1.54, 1.807) is 70.9 Å². The highest BCUT2D eigenvalue weighted by molar-refractivity contribution is 8.76. The van der Waals surface area contributed by atoms with Gasteiger partial charge in [-0.15, -0.1) is 0 Å². The number of benzene rings is 2. The normalized spacial score (nSPS) is 19.7. The maximum atomic E-state index is 14.7. The fourth-order valence-electron chi connectivity index (χ4n) is 10.4. The van der Waals surface area contributed by atoms with Crippen LogP contribution in [0, 0.1) is 23.7 Å². The summed E-state index contributed by atoms with van der Waals surface area (Å²) in [5, 5.41) is 20.6. The highest BCUT2D eigenvalue weighted by Gasteiger charge is 2.41. The van der Waals surface area contributed by atoms with Crippen molar-refractivity contribution in [1.82, 2.24) is 30.3 Å². The summed E-state index contributed by atoms with van der Waals surface area (Å²) in [6, 6.07) is 18.7. The summed E-state index contributed by atoms with van der Waals surface area (Å²) in [4.78, 5) is 92.1. The van der Waals surface area contributed by atoms with Gasteiger partial charge in [-0.3, -0.25) is 29.4 Å². The first-order valence-electron chi connectivity index (χ1n) is 27.4. The van der Waals surface area contributed by atoms with Gasteiger partial charge in [0.05, 0.1) is 36.0 Å². The third kappa shape index (κ3) is 18.1. The molecule has 0 bridgehead atoms. The molecule has 2 aliphatic rings. The van der Waals surface area contributed by atoms with E-state index in [2.05, 4.69) is 20.9 Å². The Hall–Kier alpha value is -5.37. The molecular formula is C58H85N7O10S2. The van der Waals surface area contributed by atoms with Crippen LogP contribution in [0.2, 0.25) is 0 Å². The monoisotopic (exact) mass is 1100 g/mol. The summed E-state index contributed by atoms with van der Waals surface area (Å²) in [5.41, 5.74) is 1.90. The maximum Gasteiger partial charge on any atom is 0.411 e. The van der Waals surface area contributed by atoms with Crippen LogP contribution in [0.1, 0.15) is 130 Å². The zero-order chi connectivity index (χ0) is 56.3. The molecule has 19 heteroatoms. The molecule has 1 aliphatic heterocycles. The molecule has 0 unspecified atom stereocenters. The van der Waals surface area contributed by atoms with E-state index in [-0.39, 0.29) is 65.9 Å². The van der Waals surface area contributed by atoms with Crippen LogP contribution in [0.3, 0.4) is 0 Å². The van der Waals surface area contributed by atoms with Crippen molar-refractivity contribution in [2.45, 2.75) is 179 Å². The van der Waals surface area contributed by atoms with E-state index in [0.717, 1.165) is 43.6 Å². The minimum atomic E-state index is -0.989. The first-order chi connectivity index (χ1) is 36.7. The van der Waals surface area contributed by atoms with Crippen molar-refractivity contribution in [2.24, 2.45) is 23.7 Å². The fourth-order valence-corrected chi connectivity index (χ4v) is 13.0. The Kier molecular flexibility index (Phi) is 24.9. The number of hydrogen-bond donors (Lipinski definition) is 4. The van der Waals surface area contributed by atoms with Gasteiger partial charge in [0, 0.05) is 51.6 Å². The molecule has 77 heavy (non-hydrogen) atoms. The van der Waals surface area contributed by atoms with Crippen molar-refractivity contribution in [3.63, 3.8) is 0 Å². The van der Waals surface area contributed by atoms with Crippen molar-refractivity contribution >= 4 is 63.1 Å². The average molecular weight is 1100 g/mol. The summed E-state index contributed by atoms with van der Waals surface area (Å²) in [6.07, 6.45) is 5.20. The second-order valence-electron chi connectivity index (χ2n) is 21.5. The van der Waals surface area contributed by atoms with Gasteiger partial charge in [0.1, 0.15) is 29.8 Å². The molecule has 2 fully saturated rings. The molecule has 0 spiro atoms. The molecule has 4 N–H and O–H groups in total. The number of aromatic nitrogens is 1. The van der Waals surface area contributed by atoms with Crippen LogP contribution < -0.4 is 16.0 Å². The van der Waals surface area contributed by atoms with E-state index in [1.165, 1.54) is 19.1 Å². The highest BCUT2D eigenvalue weighted by Crippen LogP contribution is 2.41. The van der Waals surface area contributed by atoms with Gasteiger partial charge in [0.2, 0.25) is 23.6 Å². The molecule has 424 valence electrons. The molecule has 1 aliphatic carbocycles. The number of nitrogens with one attached hydrogen (secondary N) is 3. The number of pyridine rings is 1. The number of carbonyl (C=O) groups is 6. The van der Waals surface area contributed by atoms with Gasteiger partial charge in [0.15, 0.2) is 0 Å². The minimum Gasteiger partial charge on any atom is -0.445 e. The topological polar surface area (TPSA) is 209 Å². The molecule has 17 nitrogen and oxygen atoms in total. The van der Waals surface area contributed by atoms with E-state index in [0.29, 0.717) is 36.2 Å². The van der Waals surface area contributed by atoms with Crippen molar-refractivity contribution in [1.29, 1.82) is 0 Å². The summed E-state index contributed by atoms with van der Waals surface area (Å²) in [7, 11) is 7.99. The van der Waals surface area contributed by atoms with Crippen molar-refractivity contribution < 1.29 is 48.1 Å². The van der Waals surface area contributed by atoms with Crippen LogP contribution in [0.5, 0.6) is 0 Å². The van der Waals surface area contributed by atoms with Gasteiger partial charge in [-0.05, 0) is 109 Å². The molecule has 1 saturated heterocycles. The van der Waals surface area contributed by atoms with E-state index in [1.807, 2.05) is 102 Å². The van der Waals surface area contributed by atoms with E-state index in [9.17, 15) is 33.9 Å². The lowest BCUT2D eigenvalue weighted by atomic mass is 9.89. The van der Waals surface area contributed by atoms with E-state index >= 15 is 0 Å². The largest absolute Gasteiger partial charge is 0.445 e. The van der Waals surface area contributed by atoms with Crippen LogP contribution >= 0.6 is 21.6 Å². The molecule has 1 saturated carbocycles. The lowest BCUT2D eigenvalue weighted by molar-refractivity contribution is -0.146. The number of aliphatic hydroxyl groups excluding tert-OH is 1. The van der Waals surface area contributed by atoms with Crippen molar-refractivity contribution in [3.8, 4) is 0 Å². The lowest BCUT2D eigenvalue weighted by Gasteiger charge is -2.40. The minimum absolute atomic E-state index is 0.00540. The van der Waals surface area contributed by atoms with Crippen molar-refractivity contribution in [2.75, 3.05) is 33.1 Å². The highest BCUT2D eigenvalue weighted by atomic mass is 33.1. The molecule has 0 radical (unpaired) electrons. The second kappa shape index (κ2) is 30.7. The third-order valence-corrected chi connectivity index (χ3v) is 17.9. The Balaban J connectivity index is 1.14. The Morgan fingerprint density at radius 1 is 0.818 bits per heavy atom. The van der Waals surface area contributed by atoms with Crippen molar-refractivity contribution in [3.05, 3.63) is 90.1 Å². The summed E-state index contributed by atoms with van der Waals surface area (Å²) in [6.45, 7) is 15.4. The predicted octanol–water partition coefficient (Wildman–Crippen LogP) is 9.65. The molecule has 6 amide bonds. The molecule has 11 atom stereocenters. The van der Waals surface area contributed by atoms with Gasteiger partial charge >= 0.3 is 12.2 Å². The first-order valence-corrected chi connectivity index (χ1v) is 29.6. The SMILES string of the molecule is CC[C@H](C)[C@@H]([C@@H](CC(=O)N1CCC[C@H]1C[C@@H](C)C(=O)N[C@H](C)[C@@H](O)c1ccccc1)OC)N(C)C(=O)[C@@H](NC(=O)[C@H](C(C)C)N(C)C(=O)OCc1ccc(NC(=O)O[C@H]2CCCC[C@@H]2SSc2ccccn2)cc1)C(C)C. The quantitative estimate of drug-likeness (QED) is 0.0553. The van der Waals surface area contributed by atoms with Gasteiger partial charge in [0.25, 0.3) is 0 Å². The fraction of sp³-hybridized carbons (Fsp3) is 0.603. The standard InChI is InChI=1S/C58H85N7O10S2/c1-12-38(6)52(46(73-11)34-49(66)65-32-20-23-44(65)33-39(7)54(68)60-40(8)53(67)42-21-14-13-15-22-42)63(9)56(70)50(36(2)3)62-55(69)51(37(4)5)64(10)58(72)74-35-41-27-29-43(30-28-41)61-57(71)75-45-24-16-17-25-47(45)76-77-48-26-18-19-31-59-48/h13-15,18-19,21-22,26-31,36-40,44-47,50-53,67H,12,16-17,20,23-25,32-35H2,1-11H3,(H,60,68)(H,61,71)(H,62,69)/t38-,39+,40+,44-,45-,46+,47-,50-,51-,52-,53+/m0/s1.